The number of aromatic nitrogens is 6. The maximum atomic E-state index is 10.8. The molecule has 3 aromatic rings. The fourth-order valence-electron chi connectivity index (χ4n) is 6.90. The van der Waals surface area contributed by atoms with Crippen molar-refractivity contribution in [1.29, 1.82) is 0 Å². The van der Waals surface area contributed by atoms with Crippen LogP contribution in [0.15, 0.2) is 41.8 Å². The van der Waals surface area contributed by atoms with Crippen molar-refractivity contribution in [3.05, 3.63) is 58.8 Å². The second-order valence-corrected chi connectivity index (χ2v) is 19.7. The van der Waals surface area contributed by atoms with E-state index in [1.807, 2.05) is 80.5 Å². The predicted molar refractivity (Wildman–Crippen MR) is 297 cm³/mol. The number of nitrogens with one attached hydrogen (secondary N) is 2. The van der Waals surface area contributed by atoms with Crippen molar-refractivity contribution < 1.29 is 62.2 Å². The third kappa shape index (κ3) is 23.0. The van der Waals surface area contributed by atoms with Crippen molar-refractivity contribution in [2.45, 2.75) is 65.8 Å². The lowest BCUT2D eigenvalue weighted by molar-refractivity contribution is -0.126. The molecule has 0 radical (unpaired) electrons. The van der Waals surface area contributed by atoms with Crippen LogP contribution < -0.4 is 16.3 Å². The van der Waals surface area contributed by atoms with Gasteiger partial charge >= 0.3 is 48.0 Å². The smallest absolute Gasteiger partial charge is 0.409 e. The SMILES string of the molecule is CC1CN(C)C(=O)O1.CC1CN(C)C(=O)O1.CC1NC(=O)N(C)C1=O.CC1NC(=O)N(C)C1=O.CN1CC(=O)N(C)C1=O.CN1CC(=O)N(C)C1=O.CN1CCN(C)C1=O.Cc1ccn(C)n1.Cc1cnn(C)c1.Cn1ccn(C)c1=O. The highest BCUT2D eigenvalue weighted by Gasteiger charge is 2.33. The molecule has 0 aromatic carbocycles. The Balaban J connectivity index is 0.000000456. The first kappa shape index (κ1) is 71.0. The molecule has 2 N–H and O–H groups in total. The number of hydrogen-bond donors (Lipinski definition) is 2. The number of carbonyl (C=O) groups is 11. The largest absolute Gasteiger partial charge is 0.445 e. The van der Waals surface area contributed by atoms with E-state index in [-0.39, 0.29) is 109 Å². The number of imide groups is 4. The van der Waals surface area contributed by atoms with Gasteiger partial charge in [0.1, 0.15) is 37.4 Å². The zero-order valence-corrected chi connectivity index (χ0v) is 50.9. The van der Waals surface area contributed by atoms with Gasteiger partial charge < -0.3 is 58.6 Å². The Bertz CT molecular complexity index is 2470. The molecule has 0 saturated carbocycles. The molecule has 3 aromatic heterocycles. The number of cyclic esters (lactones) is 2. The number of hydrogen-bond acceptors (Lipinski definition) is 16. The van der Waals surface area contributed by atoms with Crippen molar-refractivity contribution >= 4 is 66.0 Å². The van der Waals surface area contributed by atoms with Gasteiger partial charge in [0.25, 0.3) is 11.8 Å². The summed E-state index contributed by atoms with van der Waals surface area (Å²) in [6.07, 6.45) is 8.91. The maximum Gasteiger partial charge on any atom is 0.409 e. The van der Waals surface area contributed by atoms with Crippen LogP contribution in [0.1, 0.15) is 39.0 Å². The number of imidazole rings is 1. The highest BCUT2D eigenvalue weighted by molar-refractivity contribution is 6.04. The molecule has 32 nitrogen and oxygen atoms in total. The number of rotatable bonds is 0. The van der Waals surface area contributed by atoms with E-state index in [4.69, 9.17) is 9.47 Å². The minimum Gasteiger partial charge on any atom is -0.445 e. The van der Waals surface area contributed by atoms with E-state index < -0.39 is 0 Å². The molecule has 7 fully saturated rings. The van der Waals surface area contributed by atoms with Crippen molar-refractivity contribution in [2.75, 3.05) is 110 Å². The van der Waals surface area contributed by atoms with Crippen LogP contribution in [0.25, 0.3) is 0 Å². The summed E-state index contributed by atoms with van der Waals surface area (Å²) >= 11 is 0. The van der Waals surface area contributed by atoms with E-state index in [0.29, 0.717) is 0 Å². The lowest BCUT2D eigenvalue weighted by atomic mass is 10.3. The van der Waals surface area contributed by atoms with Crippen molar-refractivity contribution in [1.82, 2.24) is 88.3 Å². The van der Waals surface area contributed by atoms with Gasteiger partial charge in [-0.05, 0) is 53.2 Å². The van der Waals surface area contributed by atoms with Crippen LogP contribution >= 0.6 is 0 Å². The third-order valence-electron chi connectivity index (χ3n) is 11.9. The van der Waals surface area contributed by atoms with Gasteiger partial charge in [0.2, 0.25) is 11.8 Å². The molecule has 7 aliphatic rings. The Morgan fingerprint density at radius 1 is 0.476 bits per heavy atom. The number of urea groups is 5. The van der Waals surface area contributed by atoms with Gasteiger partial charge in [-0.3, -0.25) is 48.1 Å². The van der Waals surface area contributed by atoms with E-state index in [1.165, 1.54) is 52.7 Å². The first-order valence-corrected chi connectivity index (χ1v) is 25.5. The predicted octanol–water partition coefficient (Wildman–Crippen LogP) is 0.212. The van der Waals surface area contributed by atoms with E-state index in [9.17, 15) is 57.5 Å². The maximum absolute atomic E-state index is 10.8. The Labute approximate surface area is 477 Å². The lowest BCUT2D eigenvalue weighted by Gasteiger charge is -2.07. The van der Waals surface area contributed by atoms with Crippen molar-refractivity contribution in [2.24, 2.45) is 28.2 Å². The van der Waals surface area contributed by atoms with Gasteiger partial charge in [-0.1, -0.05) is 0 Å². The van der Waals surface area contributed by atoms with Crippen LogP contribution in [-0.2, 0) is 56.8 Å². The van der Waals surface area contributed by atoms with Crippen molar-refractivity contribution in [3.8, 4) is 0 Å². The average molecular weight is 1160 g/mol. The van der Waals surface area contributed by atoms with Crippen LogP contribution in [0.5, 0.6) is 0 Å². The fourth-order valence-corrected chi connectivity index (χ4v) is 6.90. The Hall–Kier alpha value is -9.00. The Kier molecular flexibility index (Phi) is 28.5. The van der Waals surface area contributed by atoms with Gasteiger partial charge in [0.05, 0.1) is 25.0 Å². The molecule has 10 rings (SSSR count). The quantitative estimate of drug-likeness (QED) is 0.284. The van der Waals surface area contributed by atoms with Crippen LogP contribution in [0, 0.1) is 13.8 Å². The highest BCUT2D eigenvalue weighted by Crippen LogP contribution is 2.08. The molecule has 32 heteroatoms. The number of carbonyl (C=O) groups excluding carboxylic acids is 11. The molecule has 4 unspecified atom stereocenters. The van der Waals surface area contributed by atoms with E-state index in [1.54, 1.807) is 97.5 Å². The molecule has 458 valence electrons. The number of likely N-dealkylation sites (N-methyl/N-ethyl adjacent to an activating group) is 10. The summed E-state index contributed by atoms with van der Waals surface area (Å²) in [6, 6.07) is 0.343. The topological polar surface area (TPSA) is 325 Å². The van der Waals surface area contributed by atoms with E-state index in [0.717, 1.165) is 51.5 Å². The number of ether oxygens (including phenoxy) is 2. The molecule has 16 amide bonds. The summed E-state index contributed by atoms with van der Waals surface area (Å²) in [6.45, 7) is 14.7. The molecule has 4 atom stereocenters. The summed E-state index contributed by atoms with van der Waals surface area (Å²) in [5, 5.41) is 12.9. The summed E-state index contributed by atoms with van der Waals surface area (Å²) in [7, 11) is 23.4. The molecule has 0 spiro atoms. The van der Waals surface area contributed by atoms with E-state index in [2.05, 4.69) is 20.8 Å². The minimum absolute atomic E-state index is 0.0185. The molecule has 10 heterocycles. The number of nitrogens with zero attached hydrogens (tertiary/aromatic N) is 16. The molecule has 0 aliphatic carbocycles. The first-order chi connectivity index (χ1) is 37.9. The molecule has 7 aliphatic heterocycles. The zero-order chi connectivity index (χ0) is 63.2. The number of amides is 16. The van der Waals surface area contributed by atoms with Gasteiger partial charge in [-0.25, -0.2) is 38.4 Å². The molecule has 0 bridgehead atoms. The summed E-state index contributed by atoms with van der Waals surface area (Å²) in [5.41, 5.74) is 2.30. The standard InChI is InChI=1S/4C5H8N2O2.C5H10N2O.C5H8N2O.2C5H8N2.2C5H9NO2/c2*1-6-3-4(8)7(2)5(6)9;2*1-3-4(8)7(2)5(9)6-3;2*1-6-3-4-7(2)5(6)8;1-5-3-6-7(2)4-5;1-5-3-4-7(2)6-5;2*1-4-3-6(2)5(7)8-4/h2*3H2,1-2H3;2*3H,1-2H3,(H,6,9);3-4H2,1-2H3;3-4H,1-2H3;2*3-4H,1-2H3;2*4H,3H2,1-2H3. The zero-order valence-electron chi connectivity index (χ0n) is 50.9. The summed E-state index contributed by atoms with van der Waals surface area (Å²) < 4.78 is 16.2. The third-order valence-corrected chi connectivity index (χ3v) is 11.9. The lowest BCUT2D eigenvalue weighted by Crippen LogP contribution is -2.27. The normalized spacial score (nSPS) is 20.4. The summed E-state index contributed by atoms with van der Waals surface area (Å²) in [4.78, 5) is 142. The van der Waals surface area contributed by atoms with Gasteiger partial charge in [0, 0.05) is 137 Å². The van der Waals surface area contributed by atoms with E-state index >= 15 is 0 Å². The Morgan fingerprint density at radius 2 is 0.854 bits per heavy atom. The summed E-state index contributed by atoms with van der Waals surface area (Å²) in [5.74, 6) is -0.606. The monoisotopic (exact) mass is 1160 g/mol. The number of aryl methyl sites for hydroxylation is 6. The van der Waals surface area contributed by atoms with Crippen LogP contribution in [0.2, 0.25) is 0 Å². The fraction of sp³-hybridized carbons (Fsp3) is 0.600. The second kappa shape index (κ2) is 32.9. The van der Waals surface area contributed by atoms with Crippen LogP contribution in [0.4, 0.5) is 33.6 Å². The molecule has 82 heavy (non-hydrogen) atoms. The molecule has 7 saturated heterocycles. The van der Waals surface area contributed by atoms with Crippen LogP contribution in [-0.4, -0.2) is 278 Å². The van der Waals surface area contributed by atoms with Crippen molar-refractivity contribution in [3.63, 3.8) is 0 Å². The van der Waals surface area contributed by atoms with Crippen LogP contribution in [0.3, 0.4) is 0 Å². The second-order valence-electron chi connectivity index (χ2n) is 19.7. The molecular weight excluding hydrogens is 1080 g/mol. The average Bonchev–Trinajstić information content (AvgIpc) is 4.34. The van der Waals surface area contributed by atoms with Gasteiger partial charge in [0.15, 0.2) is 0 Å². The van der Waals surface area contributed by atoms with Gasteiger partial charge in [-0.15, -0.1) is 0 Å². The minimum atomic E-state index is -0.345. The first-order valence-electron chi connectivity index (χ1n) is 25.5. The molecular formula is C50H84N18O14. The Morgan fingerprint density at radius 3 is 0.939 bits per heavy atom. The highest BCUT2D eigenvalue weighted by atomic mass is 16.6. The van der Waals surface area contributed by atoms with Gasteiger partial charge in [-0.2, -0.15) is 10.2 Å².